The Kier molecular flexibility index (Phi) is 3.14. The molecule has 2 saturated carbocycles. The number of carbonyl (C=O) groups is 1. The molecule has 0 radical (unpaired) electrons. The third-order valence-electron chi connectivity index (χ3n) is 4.83. The van der Waals surface area contributed by atoms with Crippen molar-refractivity contribution in [2.45, 2.75) is 31.7 Å². The van der Waals surface area contributed by atoms with E-state index in [1.54, 1.807) is 0 Å². The van der Waals surface area contributed by atoms with Crippen LogP contribution in [0.3, 0.4) is 0 Å². The quantitative estimate of drug-likeness (QED) is 0.920. The predicted molar refractivity (Wildman–Crippen MR) is 84.4 cm³/mol. The summed E-state index contributed by atoms with van der Waals surface area (Å²) < 4.78 is 0. The smallest absolute Gasteiger partial charge is 0.245 e. The van der Waals surface area contributed by atoms with E-state index in [4.69, 9.17) is 5.73 Å². The van der Waals surface area contributed by atoms with Crippen LogP contribution >= 0.6 is 0 Å². The van der Waals surface area contributed by atoms with Crippen LogP contribution in [0.1, 0.15) is 25.7 Å². The van der Waals surface area contributed by atoms with Gasteiger partial charge in [-0.1, -0.05) is 12.1 Å². The lowest BCUT2D eigenvalue weighted by molar-refractivity contribution is -0.119. The highest BCUT2D eigenvalue weighted by Crippen LogP contribution is 2.39. The second-order valence-electron chi connectivity index (χ2n) is 6.84. The normalized spacial score (nSPS) is 25.8. The predicted octanol–water partition coefficient (Wildman–Crippen LogP) is 1.99. The molecule has 1 aliphatic heterocycles. The van der Waals surface area contributed by atoms with Crippen molar-refractivity contribution in [3.63, 3.8) is 0 Å². The second-order valence-corrected chi connectivity index (χ2v) is 6.84. The zero-order chi connectivity index (χ0) is 14.4. The number of nitrogens with two attached hydrogens (primary N) is 1. The molecule has 4 heteroatoms. The molecule has 3 aliphatic rings. The molecule has 0 spiro atoms. The number of benzene rings is 1. The minimum atomic E-state index is -0.408. The molecular weight excluding hydrogens is 262 g/mol. The Balaban J connectivity index is 1.70. The number of rotatable bonds is 4. The Hall–Kier alpha value is -1.55. The number of amides is 1. The molecule has 21 heavy (non-hydrogen) atoms. The first kappa shape index (κ1) is 13.1. The van der Waals surface area contributed by atoms with E-state index in [9.17, 15) is 4.79 Å². The van der Waals surface area contributed by atoms with E-state index >= 15 is 0 Å². The minimum absolute atomic E-state index is 0.0904. The molecule has 4 rings (SSSR count). The van der Waals surface area contributed by atoms with E-state index < -0.39 is 6.04 Å². The summed E-state index contributed by atoms with van der Waals surface area (Å²) in [7, 11) is 0. The Morgan fingerprint density at radius 2 is 1.62 bits per heavy atom. The van der Waals surface area contributed by atoms with E-state index in [-0.39, 0.29) is 5.91 Å². The fourth-order valence-electron chi connectivity index (χ4n) is 3.22. The van der Waals surface area contributed by atoms with Crippen molar-refractivity contribution >= 4 is 17.3 Å². The second kappa shape index (κ2) is 5.02. The summed E-state index contributed by atoms with van der Waals surface area (Å²) in [5.41, 5.74) is 8.44. The van der Waals surface area contributed by atoms with Gasteiger partial charge in [-0.05, 0) is 49.7 Å². The van der Waals surface area contributed by atoms with Gasteiger partial charge in [-0.25, -0.2) is 0 Å². The van der Waals surface area contributed by atoms with Crippen LogP contribution in [0.15, 0.2) is 24.3 Å². The summed E-state index contributed by atoms with van der Waals surface area (Å²) in [5, 5.41) is 0. The van der Waals surface area contributed by atoms with Crippen molar-refractivity contribution in [2.24, 2.45) is 17.6 Å². The van der Waals surface area contributed by atoms with Crippen molar-refractivity contribution in [1.82, 2.24) is 0 Å². The summed E-state index contributed by atoms with van der Waals surface area (Å²) in [5.74, 6) is 1.55. The third-order valence-corrected chi connectivity index (χ3v) is 4.83. The maximum absolute atomic E-state index is 12.7. The molecule has 0 unspecified atom stereocenters. The lowest BCUT2D eigenvalue weighted by Gasteiger charge is -2.26. The fraction of sp³-hybridized carbons (Fsp3) is 0.588. The summed E-state index contributed by atoms with van der Waals surface area (Å²) in [6.07, 6.45) is 5.11. The van der Waals surface area contributed by atoms with E-state index in [2.05, 4.69) is 23.1 Å². The molecular formula is C17H23N3O. The van der Waals surface area contributed by atoms with Gasteiger partial charge in [0, 0.05) is 19.6 Å². The van der Waals surface area contributed by atoms with Crippen LogP contribution in [-0.2, 0) is 4.79 Å². The van der Waals surface area contributed by atoms with Crippen molar-refractivity contribution in [2.75, 3.05) is 29.4 Å². The van der Waals surface area contributed by atoms with Crippen LogP contribution in [0.5, 0.6) is 0 Å². The van der Waals surface area contributed by atoms with Gasteiger partial charge in [0.15, 0.2) is 0 Å². The molecule has 112 valence electrons. The van der Waals surface area contributed by atoms with Crippen molar-refractivity contribution in [3.8, 4) is 0 Å². The number of carbonyl (C=O) groups excluding carboxylic acids is 1. The van der Waals surface area contributed by atoms with E-state index in [1.807, 2.05) is 11.0 Å². The lowest BCUT2D eigenvalue weighted by atomic mass is 10.2. The molecule has 1 aromatic carbocycles. The van der Waals surface area contributed by atoms with E-state index in [0.29, 0.717) is 12.5 Å². The average Bonchev–Trinajstić information content (AvgIpc) is 3.37. The summed E-state index contributed by atoms with van der Waals surface area (Å²) in [4.78, 5) is 17.0. The van der Waals surface area contributed by atoms with Crippen molar-refractivity contribution < 1.29 is 4.79 Å². The summed E-state index contributed by atoms with van der Waals surface area (Å²) in [6, 6.07) is 7.90. The van der Waals surface area contributed by atoms with Crippen LogP contribution in [-0.4, -0.2) is 31.6 Å². The maximum Gasteiger partial charge on any atom is 0.245 e. The Morgan fingerprint density at radius 3 is 2.29 bits per heavy atom. The van der Waals surface area contributed by atoms with Crippen molar-refractivity contribution in [3.05, 3.63) is 24.3 Å². The van der Waals surface area contributed by atoms with Gasteiger partial charge >= 0.3 is 0 Å². The lowest BCUT2D eigenvalue weighted by Crippen LogP contribution is -2.48. The number of anilines is 2. The van der Waals surface area contributed by atoms with Crippen LogP contribution in [0.2, 0.25) is 0 Å². The van der Waals surface area contributed by atoms with Crippen LogP contribution in [0.4, 0.5) is 11.4 Å². The van der Waals surface area contributed by atoms with E-state index in [1.165, 1.54) is 31.4 Å². The zero-order valence-electron chi connectivity index (χ0n) is 12.4. The molecule has 0 saturated heterocycles. The maximum atomic E-state index is 12.7. The molecule has 4 nitrogen and oxygen atoms in total. The van der Waals surface area contributed by atoms with Gasteiger partial charge in [0.05, 0.1) is 11.4 Å². The summed E-state index contributed by atoms with van der Waals surface area (Å²) >= 11 is 0. The first-order valence-electron chi connectivity index (χ1n) is 8.13. The Labute approximate surface area is 125 Å². The third kappa shape index (κ3) is 2.64. The van der Waals surface area contributed by atoms with Gasteiger partial charge in [-0.15, -0.1) is 0 Å². The Bertz CT molecular complexity index is 551. The standard InChI is InChI=1S/C17H23N3O/c18-14-11-19(9-12-5-6-12)15-3-1-2-4-16(15)20(17(14)21)10-13-7-8-13/h1-4,12-14H,5-11,18H2/t14-/m0/s1. The molecule has 0 aromatic heterocycles. The van der Waals surface area contributed by atoms with Crippen LogP contribution < -0.4 is 15.5 Å². The highest BCUT2D eigenvalue weighted by Gasteiger charge is 2.36. The number of fused-ring (bicyclic) bond motifs is 1. The highest BCUT2D eigenvalue weighted by atomic mass is 16.2. The molecule has 2 aliphatic carbocycles. The Morgan fingerprint density at radius 1 is 1.00 bits per heavy atom. The summed E-state index contributed by atoms with van der Waals surface area (Å²) in [6.45, 7) is 2.52. The molecule has 1 amide bonds. The minimum Gasteiger partial charge on any atom is -0.367 e. The van der Waals surface area contributed by atoms with Gasteiger partial charge in [0.1, 0.15) is 6.04 Å². The van der Waals surface area contributed by atoms with Crippen LogP contribution in [0, 0.1) is 11.8 Å². The fourth-order valence-corrected chi connectivity index (χ4v) is 3.22. The first-order valence-corrected chi connectivity index (χ1v) is 8.13. The van der Waals surface area contributed by atoms with Gasteiger partial charge in [-0.3, -0.25) is 4.79 Å². The topological polar surface area (TPSA) is 49.6 Å². The monoisotopic (exact) mass is 285 g/mol. The average molecular weight is 285 g/mol. The van der Waals surface area contributed by atoms with Gasteiger partial charge in [0.2, 0.25) is 5.91 Å². The number of hydrogen-bond donors (Lipinski definition) is 1. The molecule has 2 N–H and O–H groups in total. The largest absolute Gasteiger partial charge is 0.367 e. The highest BCUT2D eigenvalue weighted by molar-refractivity contribution is 6.01. The molecule has 1 atom stereocenters. The molecule has 1 aromatic rings. The van der Waals surface area contributed by atoms with E-state index in [0.717, 1.165) is 24.7 Å². The van der Waals surface area contributed by atoms with Gasteiger partial charge in [0.25, 0.3) is 0 Å². The number of para-hydroxylation sites is 2. The molecule has 2 fully saturated rings. The number of nitrogens with zero attached hydrogens (tertiary/aromatic N) is 2. The van der Waals surface area contributed by atoms with Crippen molar-refractivity contribution in [1.29, 1.82) is 0 Å². The molecule has 0 bridgehead atoms. The molecule has 1 heterocycles. The van der Waals surface area contributed by atoms with Gasteiger partial charge < -0.3 is 15.5 Å². The zero-order valence-corrected chi connectivity index (χ0v) is 12.4. The van der Waals surface area contributed by atoms with Crippen LogP contribution in [0.25, 0.3) is 0 Å². The van der Waals surface area contributed by atoms with Gasteiger partial charge in [-0.2, -0.15) is 0 Å². The number of hydrogen-bond acceptors (Lipinski definition) is 3. The first-order chi connectivity index (χ1) is 10.2. The SMILES string of the molecule is N[C@H]1CN(CC2CC2)c2ccccc2N(CC2CC2)C1=O.